The van der Waals surface area contributed by atoms with E-state index in [9.17, 15) is 12.8 Å². The topological polar surface area (TPSA) is 52.6 Å². The van der Waals surface area contributed by atoms with Crippen LogP contribution in [0.2, 0.25) is 10.0 Å². The molecule has 2 heterocycles. The molecule has 2 unspecified atom stereocenters. The number of likely N-dealkylation sites (tertiary alicyclic amines) is 1. The molecule has 4 rings (SSSR count). The average molecular weight is 486 g/mol. The molecular weight excluding hydrogens is 460 g/mol. The lowest BCUT2D eigenvalue weighted by Gasteiger charge is -2.22. The quantitative estimate of drug-likeness (QED) is 0.586. The van der Waals surface area contributed by atoms with Crippen molar-refractivity contribution in [3.63, 3.8) is 0 Å². The van der Waals surface area contributed by atoms with Crippen molar-refractivity contribution in [2.45, 2.75) is 18.2 Å². The van der Waals surface area contributed by atoms with E-state index in [4.69, 9.17) is 23.2 Å². The van der Waals surface area contributed by atoms with Crippen molar-refractivity contribution in [1.82, 2.24) is 9.21 Å². The number of fused-ring (bicyclic) bond motifs is 1. The normalized spacial score (nSPS) is 22.1. The first kappa shape index (κ1) is 22.8. The third-order valence-corrected chi connectivity index (χ3v) is 8.91. The van der Waals surface area contributed by atoms with Crippen LogP contribution in [-0.2, 0) is 10.0 Å². The van der Waals surface area contributed by atoms with E-state index in [1.165, 1.54) is 10.4 Å². The van der Waals surface area contributed by atoms with E-state index in [1.807, 2.05) is 25.1 Å². The summed E-state index contributed by atoms with van der Waals surface area (Å²) in [5, 5.41) is 4.10. The van der Waals surface area contributed by atoms with Gasteiger partial charge >= 0.3 is 0 Å². The molecule has 2 aromatic carbocycles. The molecule has 2 atom stereocenters. The fourth-order valence-electron chi connectivity index (χ4n) is 4.49. The number of sulfonamides is 1. The number of hydrogen-bond acceptors (Lipinski definition) is 4. The predicted molar refractivity (Wildman–Crippen MR) is 123 cm³/mol. The molecule has 0 radical (unpaired) electrons. The summed E-state index contributed by atoms with van der Waals surface area (Å²) in [5.41, 5.74) is 2.09. The molecule has 5 nitrogen and oxygen atoms in total. The summed E-state index contributed by atoms with van der Waals surface area (Å²) in [5.74, 6) is 0.0913. The van der Waals surface area contributed by atoms with Gasteiger partial charge in [0.05, 0.1) is 5.02 Å². The van der Waals surface area contributed by atoms with Gasteiger partial charge in [-0.1, -0.05) is 29.3 Å². The molecule has 1 N–H and O–H groups in total. The van der Waals surface area contributed by atoms with Crippen molar-refractivity contribution in [2.24, 2.45) is 11.8 Å². The second-order valence-corrected chi connectivity index (χ2v) is 11.1. The highest BCUT2D eigenvalue weighted by Crippen LogP contribution is 2.35. The lowest BCUT2D eigenvalue weighted by Crippen LogP contribution is -2.34. The molecule has 2 aromatic rings. The molecule has 168 valence electrons. The Morgan fingerprint density at radius 1 is 1.03 bits per heavy atom. The predicted octanol–water partition coefficient (Wildman–Crippen LogP) is 4.50. The van der Waals surface area contributed by atoms with Crippen LogP contribution in [0.5, 0.6) is 0 Å². The number of rotatable bonds is 7. The Labute approximate surface area is 193 Å². The second kappa shape index (κ2) is 9.24. The molecule has 0 bridgehead atoms. The number of aryl methyl sites for hydroxylation is 1. The third kappa shape index (κ3) is 5.01. The van der Waals surface area contributed by atoms with Crippen LogP contribution in [0.3, 0.4) is 0 Å². The maximum absolute atomic E-state index is 13.3. The van der Waals surface area contributed by atoms with Gasteiger partial charge in [-0.2, -0.15) is 4.31 Å². The molecule has 2 fully saturated rings. The molecule has 0 saturated carbocycles. The fourth-order valence-corrected chi connectivity index (χ4v) is 6.73. The Kier molecular flexibility index (Phi) is 6.79. The van der Waals surface area contributed by atoms with E-state index < -0.39 is 15.8 Å². The van der Waals surface area contributed by atoms with E-state index in [1.54, 1.807) is 0 Å². The monoisotopic (exact) mass is 485 g/mol. The van der Waals surface area contributed by atoms with Crippen molar-refractivity contribution in [3.8, 4) is 0 Å². The summed E-state index contributed by atoms with van der Waals surface area (Å²) in [4.78, 5) is 2.39. The third-order valence-electron chi connectivity index (χ3n) is 6.19. The van der Waals surface area contributed by atoms with Crippen molar-refractivity contribution < 1.29 is 12.8 Å². The Bertz CT molecular complexity index is 1050. The first-order chi connectivity index (χ1) is 14.7. The zero-order valence-electron chi connectivity index (χ0n) is 17.3. The van der Waals surface area contributed by atoms with Crippen LogP contribution in [0.1, 0.15) is 12.0 Å². The first-order valence-corrected chi connectivity index (χ1v) is 12.6. The zero-order valence-corrected chi connectivity index (χ0v) is 19.6. The highest BCUT2D eigenvalue weighted by molar-refractivity contribution is 7.89. The van der Waals surface area contributed by atoms with Crippen molar-refractivity contribution in [1.29, 1.82) is 0 Å². The number of anilines is 1. The van der Waals surface area contributed by atoms with Crippen molar-refractivity contribution in [3.05, 3.63) is 57.8 Å². The van der Waals surface area contributed by atoms with E-state index in [2.05, 4.69) is 10.2 Å². The lowest BCUT2D eigenvalue weighted by molar-refractivity contribution is 0.296. The number of hydrogen-bond donors (Lipinski definition) is 1. The number of nitrogens with zero attached hydrogens (tertiary/aromatic N) is 2. The largest absolute Gasteiger partial charge is 0.385 e. The van der Waals surface area contributed by atoms with Crippen LogP contribution in [-0.4, -0.2) is 56.9 Å². The lowest BCUT2D eigenvalue weighted by atomic mass is 10.0. The smallest absolute Gasteiger partial charge is 0.244 e. The number of halogens is 3. The summed E-state index contributed by atoms with van der Waals surface area (Å²) >= 11 is 12.2. The van der Waals surface area contributed by atoms with Gasteiger partial charge in [0.15, 0.2) is 0 Å². The maximum Gasteiger partial charge on any atom is 0.244 e. The van der Waals surface area contributed by atoms with Gasteiger partial charge < -0.3 is 10.2 Å². The fraction of sp³-hybridized carbons (Fsp3) is 0.455. The van der Waals surface area contributed by atoms with Gasteiger partial charge in [0, 0.05) is 43.4 Å². The maximum atomic E-state index is 13.3. The van der Waals surface area contributed by atoms with Crippen molar-refractivity contribution in [2.75, 3.05) is 44.6 Å². The molecule has 2 aliphatic heterocycles. The van der Waals surface area contributed by atoms with E-state index in [0.717, 1.165) is 61.0 Å². The molecule has 2 saturated heterocycles. The van der Waals surface area contributed by atoms with Gasteiger partial charge in [0.25, 0.3) is 0 Å². The molecule has 9 heteroatoms. The van der Waals surface area contributed by atoms with Crippen LogP contribution in [0.4, 0.5) is 10.1 Å². The molecule has 2 aliphatic rings. The Morgan fingerprint density at radius 2 is 1.74 bits per heavy atom. The van der Waals surface area contributed by atoms with Crippen LogP contribution in [0, 0.1) is 24.6 Å². The Morgan fingerprint density at radius 3 is 2.39 bits per heavy atom. The van der Waals surface area contributed by atoms with Gasteiger partial charge in [0.1, 0.15) is 10.7 Å². The number of nitrogens with one attached hydrogen (secondary N) is 1. The molecule has 0 spiro atoms. The van der Waals surface area contributed by atoms with Gasteiger partial charge in [-0.25, -0.2) is 12.8 Å². The summed E-state index contributed by atoms with van der Waals surface area (Å²) in [6.07, 6.45) is 0.998. The molecule has 0 amide bonds. The first-order valence-electron chi connectivity index (χ1n) is 10.4. The molecule has 31 heavy (non-hydrogen) atoms. The van der Waals surface area contributed by atoms with Crippen LogP contribution in [0.15, 0.2) is 41.3 Å². The minimum Gasteiger partial charge on any atom is -0.385 e. The highest BCUT2D eigenvalue weighted by atomic mass is 35.5. The van der Waals surface area contributed by atoms with Gasteiger partial charge in [-0.3, -0.25) is 0 Å². The van der Waals surface area contributed by atoms with Crippen LogP contribution < -0.4 is 5.32 Å². The molecule has 0 aliphatic carbocycles. The summed E-state index contributed by atoms with van der Waals surface area (Å²) < 4.78 is 40.7. The molecule has 0 aromatic heterocycles. The second-order valence-electron chi connectivity index (χ2n) is 8.42. The minimum absolute atomic E-state index is 0.0188. The summed E-state index contributed by atoms with van der Waals surface area (Å²) in [6, 6.07) is 9.41. The summed E-state index contributed by atoms with van der Waals surface area (Å²) in [6.45, 7) is 6.56. The van der Waals surface area contributed by atoms with Crippen molar-refractivity contribution >= 4 is 38.9 Å². The average Bonchev–Trinajstić information content (AvgIpc) is 3.27. The van der Waals surface area contributed by atoms with Crippen LogP contribution >= 0.6 is 23.2 Å². The zero-order chi connectivity index (χ0) is 22.2. The summed E-state index contributed by atoms with van der Waals surface area (Å²) in [7, 11) is -3.71. The Hall–Kier alpha value is -1.38. The van der Waals surface area contributed by atoms with Gasteiger partial charge in [0.2, 0.25) is 10.0 Å². The standard InChI is InChI=1S/C22H26Cl2FN3O2S/c1-15-3-5-19(10-20(15)23)26-7-2-8-27-11-16-13-28(14-17(16)12-27)31(29,30)22-6-4-18(25)9-21(22)24/h3-6,9-10,16-17,26H,2,7-8,11-14H2,1H3. The SMILES string of the molecule is Cc1ccc(NCCCN2CC3CN(S(=O)(=O)c4ccc(F)cc4Cl)CC3C2)cc1Cl. The minimum atomic E-state index is -3.71. The van der Waals surface area contributed by atoms with E-state index in [0.29, 0.717) is 24.9 Å². The van der Waals surface area contributed by atoms with Crippen LogP contribution in [0.25, 0.3) is 0 Å². The Balaban J connectivity index is 1.26. The molecular formula is C22H26Cl2FN3O2S. The van der Waals surface area contributed by atoms with E-state index in [-0.39, 0.29) is 9.92 Å². The highest BCUT2D eigenvalue weighted by Gasteiger charge is 2.44. The number of benzene rings is 2. The van der Waals surface area contributed by atoms with Gasteiger partial charge in [-0.15, -0.1) is 0 Å². The van der Waals surface area contributed by atoms with Gasteiger partial charge in [-0.05, 0) is 67.6 Å². The van der Waals surface area contributed by atoms with E-state index >= 15 is 0 Å².